The van der Waals surface area contributed by atoms with Crippen LogP contribution in [0.2, 0.25) is 0 Å². The Kier molecular flexibility index (Phi) is 4.69. The van der Waals surface area contributed by atoms with Gasteiger partial charge in [0, 0.05) is 43.5 Å². The predicted molar refractivity (Wildman–Crippen MR) is 116 cm³/mol. The summed E-state index contributed by atoms with van der Waals surface area (Å²) in [6.07, 6.45) is 4.32. The quantitative estimate of drug-likeness (QED) is 0.617. The molecular formula is C20H22N4O4S2. The molecule has 5 rings (SSSR count). The highest BCUT2D eigenvalue weighted by Crippen LogP contribution is 2.31. The third-order valence-electron chi connectivity index (χ3n) is 6.04. The molecule has 1 N–H and O–H groups in total. The van der Waals surface area contributed by atoms with Gasteiger partial charge in [-0.2, -0.15) is 8.42 Å². The summed E-state index contributed by atoms with van der Waals surface area (Å²) in [5.41, 5.74) is 1.47. The second kappa shape index (κ2) is 7.16. The molecule has 0 spiro atoms. The molecule has 2 fully saturated rings. The van der Waals surface area contributed by atoms with Crippen molar-refractivity contribution in [3.63, 3.8) is 0 Å². The fourth-order valence-corrected chi connectivity index (χ4v) is 5.94. The summed E-state index contributed by atoms with van der Waals surface area (Å²) in [6.45, 7) is 5.92. The van der Waals surface area contributed by atoms with Crippen molar-refractivity contribution in [2.24, 2.45) is 0 Å². The molecule has 2 saturated heterocycles. The van der Waals surface area contributed by atoms with Crippen molar-refractivity contribution in [3.8, 4) is 11.3 Å². The SMILES string of the molecule is Cc1ccc(S(=O)(=O)O)cc1-c1cc(=O)n2cc(N3CCN4CCC[C@H]4C3)sc2n1. The second-order valence-corrected chi connectivity index (χ2v) is 10.3. The second-order valence-electron chi connectivity index (χ2n) is 7.93. The summed E-state index contributed by atoms with van der Waals surface area (Å²) in [4.78, 5) is 22.6. The molecule has 0 saturated carbocycles. The number of aryl methyl sites for hydroxylation is 1. The number of nitrogens with zero attached hydrogens (tertiary/aromatic N) is 4. The van der Waals surface area contributed by atoms with E-state index in [9.17, 15) is 17.8 Å². The first-order chi connectivity index (χ1) is 14.3. The van der Waals surface area contributed by atoms with Crippen LogP contribution in [0.4, 0.5) is 5.00 Å². The van der Waals surface area contributed by atoms with Gasteiger partial charge in [0.25, 0.3) is 15.7 Å². The van der Waals surface area contributed by atoms with Gasteiger partial charge in [0.2, 0.25) is 0 Å². The minimum Gasteiger partial charge on any atom is -0.359 e. The molecule has 4 heterocycles. The Hall–Kier alpha value is -2.27. The van der Waals surface area contributed by atoms with E-state index in [-0.39, 0.29) is 10.5 Å². The number of fused-ring (bicyclic) bond motifs is 2. The van der Waals surface area contributed by atoms with E-state index in [2.05, 4.69) is 14.8 Å². The number of piperazine rings is 1. The lowest BCUT2D eigenvalue weighted by atomic mass is 10.1. The van der Waals surface area contributed by atoms with E-state index >= 15 is 0 Å². The Morgan fingerprint density at radius 3 is 2.83 bits per heavy atom. The summed E-state index contributed by atoms with van der Waals surface area (Å²) in [5, 5.41) is 1.02. The van der Waals surface area contributed by atoms with Crippen LogP contribution in [0.5, 0.6) is 0 Å². The Balaban J connectivity index is 1.54. The normalized spacial score (nSPS) is 20.1. The smallest absolute Gasteiger partial charge is 0.294 e. The third-order valence-corrected chi connectivity index (χ3v) is 7.93. The molecule has 0 aliphatic carbocycles. The molecular weight excluding hydrogens is 424 g/mol. The number of benzene rings is 1. The lowest BCUT2D eigenvalue weighted by Gasteiger charge is -2.37. The zero-order valence-corrected chi connectivity index (χ0v) is 18.1. The maximum absolute atomic E-state index is 12.8. The highest BCUT2D eigenvalue weighted by Gasteiger charge is 2.31. The molecule has 0 radical (unpaired) electrons. The molecule has 1 aromatic carbocycles. The van der Waals surface area contributed by atoms with E-state index in [1.54, 1.807) is 10.5 Å². The minimum absolute atomic E-state index is 0.214. The Morgan fingerprint density at radius 1 is 1.20 bits per heavy atom. The molecule has 30 heavy (non-hydrogen) atoms. The van der Waals surface area contributed by atoms with Crippen LogP contribution in [0.1, 0.15) is 18.4 Å². The lowest BCUT2D eigenvalue weighted by molar-refractivity contribution is 0.231. The standard InChI is InChI=1S/C20H22N4O4S2/c1-13-4-5-15(30(26,27)28)9-16(13)17-10-18(25)24-12-19(29-20(24)21-17)23-8-7-22-6-2-3-14(22)11-23/h4-5,9-10,12,14H,2-3,6-8,11H2,1H3,(H,26,27,28)/t14-/m0/s1. The maximum atomic E-state index is 12.8. The topological polar surface area (TPSA) is 95.2 Å². The van der Waals surface area contributed by atoms with Gasteiger partial charge in [0.05, 0.1) is 10.6 Å². The molecule has 158 valence electrons. The van der Waals surface area contributed by atoms with Crippen LogP contribution in [-0.4, -0.2) is 59.5 Å². The third kappa shape index (κ3) is 3.43. The van der Waals surface area contributed by atoms with Crippen LogP contribution in [0.3, 0.4) is 0 Å². The molecule has 0 bridgehead atoms. The van der Waals surface area contributed by atoms with Gasteiger partial charge < -0.3 is 4.90 Å². The van der Waals surface area contributed by atoms with Crippen LogP contribution in [0, 0.1) is 6.92 Å². The zero-order chi connectivity index (χ0) is 21.0. The van der Waals surface area contributed by atoms with Crippen molar-refractivity contribution in [2.45, 2.75) is 30.7 Å². The van der Waals surface area contributed by atoms with Crippen molar-refractivity contribution in [2.75, 3.05) is 31.1 Å². The van der Waals surface area contributed by atoms with E-state index in [1.807, 2.05) is 13.1 Å². The van der Waals surface area contributed by atoms with Gasteiger partial charge in [-0.15, -0.1) is 0 Å². The van der Waals surface area contributed by atoms with E-state index < -0.39 is 10.1 Å². The highest BCUT2D eigenvalue weighted by molar-refractivity contribution is 7.85. The van der Waals surface area contributed by atoms with Gasteiger partial charge in [-0.25, -0.2) is 4.98 Å². The lowest BCUT2D eigenvalue weighted by Crippen LogP contribution is -2.50. The van der Waals surface area contributed by atoms with Crippen molar-refractivity contribution in [1.29, 1.82) is 0 Å². The first-order valence-corrected chi connectivity index (χ1v) is 12.2. The molecule has 0 unspecified atom stereocenters. The van der Waals surface area contributed by atoms with Crippen LogP contribution in [0.15, 0.2) is 40.2 Å². The number of anilines is 1. The van der Waals surface area contributed by atoms with Crippen LogP contribution in [0.25, 0.3) is 16.2 Å². The average molecular weight is 447 g/mol. The molecule has 2 aromatic heterocycles. The number of thiazole rings is 1. The molecule has 1 atom stereocenters. The summed E-state index contributed by atoms with van der Waals surface area (Å²) < 4.78 is 34.0. The van der Waals surface area contributed by atoms with Crippen LogP contribution >= 0.6 is 11.3 Å². The molecule has 8 nitrogen and oxygen atoms in total. The average Bonchev–Trinajstić information content (AvgIpc) is 3.33. The predicted octanol–water partition coefficient (Wildman–Crippen LogP) is 2.26. The van der Waals surface area contributed by atoms with E-state index in [1.165, 1.54) is 48.9 Å². The molecule has 3 aromatic rings. The molecule has 2 aliphatic rings. The molecule has 0 amide bonds. The van der Waals surface area contributed by atoms with Crippen molar-refractivity contribution in [1.82, 2.24) is 14.3 Å². The van der Waals surface area contributed by atoms with Gasteiger partial charge in [0.1, 0.15) is 5.00 Å². The number of rotatable bonds is 3. The number of aromatic nitrogens is 2. The fourth-order valence-electron chi connectivity index (χ4n) is 4.40. The monoisotopic (exact) mass is 446 g/mol. The zero-order valence-electron chi connectivity index (χ0n) is 16.5. The minimum atomic E-state index is -4.34. The fraction of sp³-hybridized carbons (Fsp3) is 0.400. The van der Waals surface area contributed by atoms with Crippen molar-refractivity contribution < 1.29 is 13.0 Å². The Labute approximate surface area is 178 Å². The van der Waals surface area contributed by atoms with Gasteiger partial charge in [-0.05, 0) is 44.0 Å². The maximum Gasteiger partial charge on any atom is 0.294 e. The van der Waals surface area contributed by atoms with Crippen LogP contribution < -0.4 is 10.5 Å². The highest BCUT2D eigenvalue weighted by atomic mass is 32.2. The largest absolute Gasteiger partial charge is 0.359 e. The van der Waals surface area contributed by atoms with Gasteiger partial charge in [-0.3, -0.25) is 18.6 Å². The van der Waals surface area contributed by atoms with E-state index in [0.29, 0.717) is 22.3 Å². The van der Waals surface area contributed by atoms with Crippen LogP contribution in [-0.2, 0) is 10.1 Å². The summed E-state index contributed by atoms with van der Waals surface area (Å²) >= 11 is 1.47. The summed E-state index contributed by atoms with van der Waals surface area (Å²) in [6, 6.07) is 6.29. The number of hydrogen-bond acceptors (Lipinski definition) is 7. The Bertz CT molecular complexity index is 1300. The number of hydrogen-bond donors (Lipinski definition) is 1. The van der Waals surface area contributed by atoms with Crippen molar-refractivity contribution >= 4 is 31.4 Å². The first-order valence-electron chi connectivity index (χ1n) is 9.90. The molecule has 10 heteroatoms. The summed E-state index contributed by atoms with van der Waals surface area (Å²) in [7, 11) is -4.34. The first kappa shape index (κ1) is 19.7. The van der Waals surface area contributed by atoms with E-state index in [0.717, 1.165) is 30.2 Å². The van der Waals surface area contributed by atoms with E-state index in [4.69, 9.17) is 0 Å². The molecule has 2 aliphatic heterocycles. The Morgan fingerprint density at radius 2 is 2.03 bits per heavy atom. The summed E-state index contributed by atoms with van der Waals surface area (Å²) in [5.74, 6) is 0. The van der Waals surface area contributed by atoms with Gasteiger partial charge in [0.15, 0.2) is 4.96 Å². The van der Waals surface area contributed by atoms with Gasteiger partial charge >= 0.3 is 0 Å². The van der Waals surface area contributed by atoms with Crippen molar-refractivity contribution in [3.05, 3.63) is 46.4 Å². The van der Waals surface area contributed by atoms with Gasteiger partial charge in [-0.1, -0.05) is 17.4 Å².